The summed E-state index contributed by atoms with van der Waals surface area (Å²) in [6.45, 7) is 17.0. The average molecular weight is 806 g/mol. The first kappa shape index (κ1) is 45.2. The van der Waals surface area contributed by atoms with Crippen molar-refractivity contribution in [1.82, 2.24) is 14.8 Å². The number of methoxy groups -OCH3 is 3. The second-order valence-electron chi connectivity index (χ2n) is 10.8. The molecular weight excluding hydrogens is 744 g/mol. The molecule has 0 radical (unpaired) electrons. The summed E-state index contributed by atoms with van der Waals surface area (Å²) in [7, 11) is 8.83. The monoisotopic (exact) mass is 805 g/mol. The van der Waals surface area contributed by atoms with E-state index < -0.39 is 0 Å². The zero-order valence-electron chi connectivity index (χ0n) is 29.2. The summed E-state index contributed by atoms with van der Waals surface area (Å²) in [6, 6.07) is 0. The van der Waals surface area contributed by atoms with Crippen molar-refractivity contribution in [2.75, 3.05) is 74.8 Å². The van der Waals surface area contributed by atoms with E-state index in [0.717, 1.165) is 32.1 Å². The molecule has 1 aliphatic carbocycles. The molecule has 2 aliphatic rings. The second kappa shape index (κ2) is 29.4. The number of likely N-dealkylation sites (N-methyl/N-ethyl adjacent to an activating group) is 1. The number of nitrogens with zero attached hydrogens (tertiary/aromatic N) is 4. The fourth-order valence-corrected chi connectivity index (χ4v) is 4.00. The SMILES string of the molecule is CN1C=CC(C=O)C=N1.COC1=CC(OC)C=C(O)C=C1OCCCC(C)OC.[CH2-]CCCCN(CCC)CCN(C)CC.[W]. The molecule has 2 rings (SSSR count). The van der Waals surface area contributed by atoms with E-state index in [2.05, 4.69) is 42.7 Å². The number of carbonyl (C=O) groups is 1. The summed E-state index contributed by atoms with van der Waals surface area (Å²) in [6.07, 6.45) is 17.5. The molecule has 1 heterocycles. The van der Waals surface area contributed by atoms with Gasteiger partial charge in [0.25, 0.3) is 0 Å². The van der Waals surface area contributed by atoms with Crippen molar-refractivity contribution in [3.63, 3.8) is 0 Å². The minimum Gasteiger partial charge on any atom is -0.508 e. The number of hydrazone groups is 1. The minimum atomic E-state index is -0.337. The van der Waals surface area contributed by atoms with Gasteiger partial charge in [0.2, 0.25) is 0 Å². The van der Waals surface area contributed by atoms with Crippen LogP contribution in [-0.2, 0) is 44.8 Å². The molecule has 0 saturated carbocycles. The van der Waals surface area contributed by atoms with Crippen LogP contribution < -0.4 is 0 Å². The van der Waals surface area contributed by atoms with E-state index in [-0.39, 0.29) is 45.0 Å². The van der Waals surface area contributed by atoms with E-state index in [1.54, 1.807) is 57.0 Å². The molecule has 0 amide bonds. The molecule has 3 unspecified atom stereocenters. The quantitative estimate of drug-likeness (QED) is 0.102. The molecule has 3 atom stereocenters. The summed E-state index contributed by atoms with van der Waals surface area (Å²) in [5.41, 5.74) is 0. The Balaban J connectivity index is 0. The molecule has 0 aromatic carbocycles. The molecular formula is C34H61N4O6W-. The number of rotatable bonds is 19. The van der Waals surface area contributed by atoms with Crippen molar-refractivity contribution >= 4 is 12.5 Å². The largest absolute Gasteiger partial charge is 0.508 e. The molecule has 10 nitrogen and oxygen atoms in total. The van der Waals surface area contributed by atoms with Crippen LogP contribution in [0.1, 0.15) is 59.3 Å². The third kappa shape index (κ3) is 23.1. The maximum absolute atomic E-state index is 10.1. The molecule has 45 heavy (non-hydrogen) atoms. The predicted octanol–water partition coefficient (Wildman–Crippen LogP) is 5.60. The summed E-state index contributed by atoms with van der Waals surface area (Å²) >= 11 is 0. The summed E-state index contributed by atoms with van der Waals surface area (Å²) in [4.78, 5) is 15.1. The first-order valence-electron chi connectivity index (χ1n) is 15.8. The Morgan fingerprint density at radius 2 is 1.82 bits per heavy atom. The Morgan fingerprint density at radius 3 is 2.36 bits per heavy atom. The number of allylic oxidation sites excluding steroid dienone is 2. The number of aldehydes is 1. The maximum Gasteiger partial charge on any atom is 0.164 e. The van der Waals surface area contributed by atoms with E-state index >= 15 is 0 Å². The van der Waals surface area contributed by atoms with Gasteiger partial charge in [-0.2, -0.15) is 11.5 Å². The van der Waals surface area contributed by atoms with Crippen LogP contribution in [0.2, 0.25) is 0 Å². The van der Waals surface area contributed by atoms with Gasteiger partial charge in [-0.25, -0.2) is 0 Å². The zero-order valence-corrected chi connectivity index (χ0v) is 32.1. The predicted molar refractivity (Wildman–Crippen MR) is 180 cm³/mol. The number of unbranched alkanes of at least 4 members (excludes halogenated alkanes) is 2. The van der Waals surface area contributed by atoms with Gasteiger partial charge in [0.15, 0.2) is 11.5 Å². The summed E-state index contributed by atoms with van der Waals surface area (Å²) in [5, 5.41) is 15.3. The van der Waals surface area contributed by atoms with Crippen LogP contribution in [0.4, 0.5) is 0 Å². The van der Waals surface area contributed by atoms with Gasteiger partial charge in [-0.3, -0.25) is 5.01 Å². The normalized spacial score (nSPS) is 17.8. The number of aliphatic hydroxyl groups is 1. The van der Waals surface area contributed by atoms with Gasteiger partial charge >= 0.3 is 0 Å². The molecule has 0 saturated heterocycles. The van der Waals surface area contributed by atoms with Gasteiger partial charge in [0.05, 0.1) is 25.7 Å². The third-order valence-electron chi connectivity index (χ3n) is 7.03. The van der Waals surface area contributed by atoms with Crippen LogP contribution in [0, 0.1) is 12.8 Å². The Labute approximate surface area is 288 Å². The van der Waals surface area contributed by atoms with E-state index in [1.165, 1.54) is 51.5 Å². The van der Waals surface area contributed by atoms with Crippen LogP contribution in [0.3, 0.4) is 0 Å². The van der Waals surface area contributed by atoms with Crippen LogP contribution in [0.5, 0.6) is 0 Å². The number of carbonyl (C=O) groups excluding carboxylic acids is 1. The average Bonchev–Trinajstić information content (AvgIpc) is 3.20. The van der Waals surface area contributed by atoms with Gasteiger partial charge in [0, 0.05) is 73.9 Å². The van der Waals surface area contributed by atoms with Crippen molar-refractivity contribution in [1.29, 1.82) is 0 Å². The molecule has 0 aromatic rings. The fraction of sp³-hybridized carbons (Fsp3) is 0.676. The van der Waals surface area contributed by atoms with Crippen molar-refractivity contribution in [2.24, 2.45) is 11.0 Å². The summed E-state index contributed by atoms with van der Waals surface area (Å²) < 4.78 is 21.3. The molecule has 0 spiro atoms. The zero-order chi connectivity index (χ0) is 33.2. The van der Waals surface area contributed by atoms with Gasteiger partial charge < -0.3 is 45.6 Å². The van der Waals surface area contributed by atoms with E-state index in [1.807, 2.05) is 14.0 Å². The number of hydrogen-bond acceptors (Lipinski definition) is 10. The number of aliphatic hydroxyl groups excluding tert-OH is 1. The molecule has 0 aromatic heterocycles. The Morgan fingerprint density at radius 1 is 1.09 bits per heavy atom. The van der Waals surface area contributed by atoms with Crippen LogP contribution in [-0.4, -0.2) is 119 Å². The molecule has 1 aliphatic heterocycles. The van der Waals surface area contributed by atoms with Gasteiger partial charge in [-0.05, 0) is 71.4 Å². The van der Waals surface area contributed by atoms with Crippen molar-refractivity contribution in [3.8, 4) is 0 Å². The van der Waals surface area contributed by atoms with Gasteiger partial charge in [0.1, 0.15) is 18.1 Å². The summed E-state index contributed by atoms with van der Waals surface area (Å²) in [5.74, 6) is 1.03. The molecule has 0 bridgehead atoms. The first-order valence-corrected chi connectivity index (χ1v) is 15.8. The van der Waals surface area contributed by atoms with E-state index in [9.17, 15) is 9.90 Å². The van der Waals surface area contributed by atoms with Crippen LogP contribution in [0.25, 0.3) is 0 Å². The first-order chi connectivity index (χ1) is 21.2. The Kier molecular flexibility index (Phi) is 29.5. The molecule has 11 heteroatoms. The molecule has 0 fully saturated rings. The van der Waals surface area contributed by atoms with Crippen molar-refractivity contribution in [3.05, 3.63) is 54.7 Å². The van der Waals surface area contributed by atoms with Gasteiger partial charge in [-0.15, -0.1) is 0 Å². The number of hydrogen-bond donors (Lipinski definition) is 1. The smallest absolute Gasteiger partial charge is 0.164 e. The Hall–Kier alpha value is -1.97. The van der Waals surface area contributed by atoms with E-state index in [0.29, 0.717) is 18.1 Å². The third-order valence-corrected chi connectivity index (χ3v) is 7.03. The molecule has 260 valence electrons. The second-order valence-corrected chi connectivity index (χ2v) is 10.8. The Bertz CT molecular complexity index is 882. The topological polar surface area (TPSA) is 96.3 Å². The standard InChI is InChI=1S/C15H24O5.C13H29N2.C6H8N2O.W/c1-11(17-2)6-5-7-20-15-9-12(16)8-13(18-3)10-14(15)19-4;1-5-8-9-11-15(10-6-2)13-12-14(4)7-3;1-8-3-2-6(5-9)4-7-8;/h8-11,13,16H,5-7H2,1-4H3;1,5-13H2,2-4H3;2-6H,1H3;/q;-1;;. The minimum absolute atomic E-state index is 0. The van der Waals surface area contributed by atoms with Crippen molar-refractivity contribution < 1.29 is 49.9 Å². The maximum atomic E-state index is 10.1. The van der Waals surface area contributed by atoms with Crippen molar-refractivity contribution in [2.45, 2.75) is 71.5 Å². The number of ether oxygens (including phenoxy) is 4. The van der Waals surface area contributed by atoms with Crippen LogP contribution >= 0.6 is 0 Å². The van der Waals surface area contributed by atoms with Crippen LogP contribution in [0.15, 0.2) is 52.9 Å². The van der Waals surface area contributed by atoms with E-state index in [4.69, 9.17) is 18.9 Å². The fourth-order valence-electron chi connectivity index (χ4n) is 4.00. The van der Waals surface area contributed by atoms with Gasteiger partial charge in [-0.1, -0.05) is 26.3 Å². The molecule has 1 N–H and O–H groups in total.